The van der Waals surface area contributed by atoms with Gasteiger partial charge < -0.3 is 0 Å². The maximum atomic E-state index is 5.39. The van der Waals surface area contributed by atoms with Gasteiger partial charge in [0.25, 0.3) is 0 Å². The van der Waals surface area contributed by atoms with Crippen molar-refractivity contribution in [3.63, 3.8) is 0 Å². The average Bonchev–Trinajstić information content (AvgIpc) is 3.02. The van der Waals surface area contributed by atoms with Crippen LogP contribution >= 0.6 is 34.4 Å². The van der Waals surface area contributed by atoms with Crippen molar-refractivity contribution in [3.8, 4) is 5.75 Å². The normalized spacial score (nSPS) is 11.3. The van der Waals surface area contributed by atoms with E-state index in [0.717, 1.165) is 63.9 Å². The summed E-state index contributed by atoms with van der Waals surface area (Å²) >= 11 is 5.48. The Morgan fingerprint density at radius 1 is 1.30 bits per heavy atom. The van der Waals surface area contributed by atoms with Crippen LogP contribution in [-0.2, 0) is 6.54 Å². The standard InChI is InChI=1S/C18H23AsIN5OS/c1-3-7-21-8-4-9-25-17-15(16(19)22-11-23-17)24-18(25)27-14-10-12(26-2)5-6-13(14)20/h5-6,10-11,21H,3-4,7-9,19H2,1-2H3. The Bertz CT molecular complexity index is 920. The van der Waals surface area contributed by atoms with E-state index in [2.05, 4.69) is 61.5 Å². The summed E-state index contributed by atoms with van der Waals surface area (Å²) in [5, 5.41) is 4.41. The van der Waals surface area contributed by atoms with Crippen molar-refractivity contribution in [2.45, 2.75) is 36.4 Å². The molecule has 0 saturated heterocycles. The fourth-order valence-corrected chi connectivity index (χ4v) is 4.84. The SMILES string of the molecule is CCCNCCCn1c(Sc2cc(OC)ccc2I)nc2c([AsH2])ncnc21. The molecule has 1 unspecified atom stereocenters. The van der Waals surface area contributed by atoms with E-state index in [-0.39, 0.29) is 0 Å². The molecule has 1 aromatic carbocycles. The molecule has 2 heterocycles. The molecule has 0 saturated carbocycles. The molecule has 0 fully saturated rings. The fourth-order valence-electron chi connectivity index (χ4n) is 2.66. The minimum atomic E-state index is 0.851. The predicted molar refractivity (Wildman–Crippen MR) is 121 cm³/mol. The second-order valence-corrected chi connectivity index (χ2v) is 9.30. The predicted octanol–water partition coefficient (Wildman–Crippen LogP) is 2.24. The summed E-state index contributed by atoms with van der Waals surface area (Å²) in [5.74, 6) is 0.851. The third kappa shape index (κ3) is 5.16. The van der Waals surface area contributed by atoms with Crippen LogP contribution < -0.4 is 14.5 Å². The van der Waals surface area contributed by atoms with Crippen LogP contribution in [-0.4, -0.2) is 56.6 Å². The molecule has 3 aromatic rings. The number of aryl methyl sites for hydroxylation is 1. The zero-order chi connectivity index (χ0) is 19.2. The Labute approximate surface area is 185 Å². The summed E-state index contributed by atoms with van der Waals surface area (Å²) in [7, 11) is 1.69. The molecule has 0 spiro atoms. The summed E-state index contributed by atoms with van der Waals surface area (Å²) in [4.78, 5) is 14.8. The monoisotopic (exact) mass is 559 g/mol. The van der Waals surface area contributed by atoms with Gasteiger partial charge in [-0.2, -0.15) is 0 Å². The van der Waals surface area contributed by atoms with Crippen LogP contribution in [0.15, 0.2) is 34.6 Å². The van der Waals surface area contributed by atoms with Gasteiger partial charge in [-0.05, 0) is 0 Å². The molecule has 2 aromatic heterocycles. The van der Waals surface area contributed by atoms with Gasteiger partial charge in [-0.25, -0.2) is 0 Å². The number of hydrogen-bond donors (Lipinski definition) is 1. The zero-order valence-corrected chi connectivity index (χ0v) is 20.8. The second kappa shape index (κ2) is 10.1. The Morgan fingerprint density at radius 2 is 2.15 bits per heavy atom. The van der Waals surface area contributed by atoms with Gasteiger partial charge in [0.05, 0.1) is 0 Å². The molecular weight excluding hydrogens is 536 g/mol. The van der Waals surface area contributed by atoms with E-state index in [0.29, 0.717) is 0 Å². The molecular formula is C18H23AsIN5OS. The molecule has 0 bridgehead atoms. The maximum absolute atomic E-state index is 5.39. The first kappa shape index (κ1) is 20.9. The summed E-state index contributed by atoms with van der Waals surface area (Å²) < 4.78 is 9.75. The van der Waals surface area contributed by atoms with Crippen LogP contribution in [0, 0.1) is 3.57 Å². The molecule has 0 aliphatic heterocycles. The van der Waals surface area contributed by atoms with Crippen molar-refractivity contribution in [1.29, 1.82) is 0 Å². The number of halogens is 1. The summed E-state index contributed by atoms with van der Waals surface area (Å²) in [6, 6.07) is 6.10. The summed E-state index contributed by atoms with van der Waals surface area (Å²) in [6.45, 7) is 5.10. The third-order valence-electron chi connectivity index (χ3n) is 4.03. The number of nitrogens with zero attached hydrogens (tertiary/aromatic N) is 4. The average molecular weight is 559 g/mol. The number of aromatic nitrogens is 4. The quantitative estimate of drug-likeness (QED) is 0.247. The first-order valence-electron chi connectivity index (χ1n) is 8.82. The zero-order valence-electron chi connectivity index (χ0n) is 15.4. The van der Waals surface area contributed by atoms with Crippen LogP contribution in [0.5, 0.6) is 5.75 Å². The number of hydrogen-bond acceptors (Lipinski definition) is 6. The van der Waals surface area contributed by atoms with Crippen molar-refractivity contribution in [1.82, 2.24) is 24.8 Å². The van der Waals surface area contributed by atoms with E-state index in [1.807, 2.05) is 6.07 Å². The molecule has 0 aliphatic carbocycles. The fraction of sp³-hybridized carbons (Fsp3) is 0.389. The Hall–Kier alpha value is -0.832. The molecule has 1 atom stereocenters. The van der Waals surface area contributed by atoms with E-state index in [1.165, 1.54) is 20.4 Å². The number of nitrogens with one attached hydrogen (secondary N) is 1. The van der Waals surface area contributed by atoms with Gasteiger partial charge >= 0.3 is 187 Å². The molecule has 0 aliphatic rings. The number of imidazole rings is 1. The van der Waals surface area contributed by atoms with Crippen LogP contribution in [0.25, 0.3) is 11.2 Å². The Balaban J connectivity index is 1.91. The van der Waals surface area contributed by atoms with Crippen LogP contribution in [0.2, 0.25) is 0 Å². The molecule has 0 radical (unpaired) electrons. The molecule has 1 N–H and O–H groups in total. The van der Waals surface area contributed by atoms with E-state index in [9.17, 15) is 0 Å². The molecule has 27 heavy (non-hydrogen) atoms. The van der Waals surface area contributed by atoms with Crippen LogP contribution in [0.3, 0.4) is 0 Å². The number of benzene rings is 1. The van der Waals surface area contributed by atoms with Gasteiger partial charge in [-0.1, -0.05) is 0 Å². The summed E-state index contributed by atoms with van der Waals surface area (Å²) in [6.07, 6.45) is 3.82. The minimum absolute atomic E-state index is 0.851. The molecule has 6 nitrogen and oxygen atoms in total. The first-order chi connectivity index (χ1) is 13.1. The Morgan fingerprint density at radius 3 is 2.93 bits per heavy atom. The van der Waals surface area contributed by atoms with Crippen molar-refractivity contribution >= 4 is 66.9 Å². The van der Waals surface area contributed by atoms with Gasteiger partial charge in [0.2, 0.25) is 0 Å². The number of rotatable bonds is 9. The van der Waals surface area contributed by atoms with E-state index in [1.54, 1.807) is 25.2 Å². The molecule has 144 valence electrons. The number of ether oxygens (including phenoxy) is 1. The van der Waals surface area contributed by atoms with Gasteiger partial charge in [-0.3, -0.25) is 0 Å². The van der Waals surface area contributed by atoms with Crippen LogP contribution in [0.4, 0.5) is 0 Å². The van der Waals surface area contributed by atoms with E-state index < -0.39 is 0 Å². The molecule has 0 amide bonds. The van der Waals surface area contributed by atoms with Gasteiger partial charge in [0.1, 0.15) is 0 Å². The first-order valence-corrected chi connectivity index (χ1v) is 11.9. The van der Waals surface area contributed by atoms with Gasteiger partial charge in [-0.15, -0.1) is 0 Å². The van der Waals surface area contributed by atoms with E-state index in [4.69, 9.17) is 9.72 Å². The Kier molecular flexibility index (Phi) is 7.81. The number of methoxy groups -OCH3 is 1. The second-order valence-electron chi connectivity index (χ2n) is 5.98. The van der Waals surface area contributed by atoms with Crippen molar-refractivity contribution < 1.29 is 4.74 Å². The van der Waals surface area contributed by atoms with Gasteiger partial charge in [0.15, 0.2) is 0 Å². The van der Waals surface area contributed by atoms with Crippen molar-refractivity contribution in [2.24, 2.45) is 0 Å². The topological polar surface area (TPSA) is 64.9 Å². The molecule has 3 rings (SSSR count). The molecule has 9 heteroatoms. The summed E-state index contributed by atoms with van der Waals surface area (Å²) in [5.41, 5.74) is 1.82. The van der Waals surface area contributed by atoms with Crippen LogP contribution in [0.1, 0.15) is 19.8 Å². The van der Waals surface area contributed by atoms with Gasteiger partial charge in [0, 0.05) is 0 Å². The number of fused-ring (bicyclic) bond motifs is 1. The third-order valence-corrected chi connectivity index (χ3v) is 7.27. The van der Waals surface area contributed by atoms with Crippen molar-refractivity contribution in [3.05, 3.63) is 28.1 Å². The van der Waals surface area contributed by atoms with Crippen molar-refractivity contribution in [2.75, 3.05) is 20.2 Å². The van der Waals surface area contributed by atoms with E-state index >= 15 is 0 Å².